The lowest BCUT2D eigenvalue weighted by Gasteiger charge is -2.02. The summed E-state index contributed by atoms with van der Waals surface area (Å²) in [5.41, 5.74) is 0.647. The maximum atomic E-state index is 11.7. The smallest absolute Gasteiger partial charge is 0.342 e. The number of nitrogens with zero attached hydrogens (tertiary/aromatic N) is 1. The number of nitro groups is 1. The highest BCUT2D eigenvalue weighted by atomic mass is 16.6. The highest BCUT2D eigenvalue weighted by Gasteiger charge is 2.18. The van der Waals surface area contributed by atoms with E-state index in [1.807, 2.05) is 0 Å². The van der Waals surface area contributed by atoms with Gasteiger partial charge in [0.1, 0.15) is 11.3 Å². The third kappa shape index (κ3) is 2.62. The summed E-state index contributed by atoms with van der Waals surface area (Å²) < 4.78 is 10.1. The fraction of sp³-hybridized carbons (Fsp3) is 0.154. The van der Waals surface area contributed by atoms with Crippen molar-refractivity contribution in [1.82, 2.24) is 0 Å². The van der Waals surface area contributed by atoms with Gasteiger partial charge in [-0.25, -0.2) is 4.79 Å². The van der Waals surface area contributed by atoms with Crippen LogP contribution in [-0.2, 0) is 4.74 Å². The number of hydrogen-bond donors (Lipinski definition) is 0. The number of rotatable bonds is 4. The number of furan rings is 1. The Morgan fingerprint density at radius 1 is 1.42 bits per heavy atom. The van der Waals surface area contributed by atoms with Crippen molar-refractivity contribution in [3.63, 3.8) is 0 Å². The van der Waals surface area contributed by atoms with E-state index < -0.39 is 10.9 Å². The summed E-state index contributed by atoms with van der Waals surface area (Å²) in [6.07, 6.45) is 1.35. The van der Waals surface area contributed by atoms with Gasteiger partial charge in [-0.1, -0.05) is 12.1 Å². The van der Waals surface area contributed by atoms with Gasteiger partial charge in [-0.05, 0) is 13.0 Å². The van der Waals surface area contributed by atoms with E-state index in [9.17, 15) is 14.9 Å². The van der Waals surface area contributed by atoms with Crippen LogP contribution >= 0.6 is 0 Å². The molecule has 0 aliphatic rings. The van der Waals surface area contributed by atoms with Crippen LogP contribution in [0.2, 0.25) is 0 Å². The molecule has 1 aromatic carbocycles. The molecule has 98 valence electrons. The van der Waals surface area contributed by atoms with Gasteiger partial charge >= 0.3 is 5.97 Å². The maximum Gasteiger partial charge on any atom is 0.342 e. The first-order chi connectivity index (χ1) is 9.13. The van der Waals surface area contributed by atoms with E-state index >= 15 is 0 Å². The molecule has 6 heteroatoms. The van der Waals surface area contributed by atoms with E-state index in [-0.39, 0.29) is 23.6 Å². The summed E-state index contributed by atoms with van der Waals surface area (Å²) in [7, 11) is 0. The Morgan fingerprint density at radius 3 is 2.89 bits per heavy atom. The minimum Gasteiger partial charge on any atom is -0.463 e. The van der Waals surface area contributed by atoms with Crippen molar-refractivity contribution in [3.05, 3.63) is 52.3 Å². The van der Waals surface area contributed by atoms with Gasteiger partial charge in [0, 0.05) is 17.7 Å². The van der Waals surface area contributed by atoms with Crippen molar-refractivity contribution < 1.29 is 18.9 Å². The van der Waals surface area contributed by atoms with Crippen LogP contribution in [0.3, 0.4) is 0 Å². The summed E-state index contributed by atoms with van der Waals surface area (Å²) in [4.78, 5) is 21.9. The van der Waals surface area contributed by atoms with Crippen molar-refractivity contribution in [2.75, 3.05) is 6.61 Å². The SMILES string of the molecule is CCOC(=O)c1ccoc1-c1cccc([N+](=O)[O-])c1. The molecule has 0 fully saturated rings. The molecule has 0 spiro atoms. The van der Waals surface area contributed by atoms with Crippen molar-refractivity contribution in [2.24, 2.45) is 0 Å². The lowest BCUT2D eigenvalue weighted by molar-refractivity contribution is -0.384. The molecule has 0 bridgehead atoms. The van der Waals surface area contributed by atoms with Crippen molar-refractivity contribution in [3.8, 4) is 11.3 Å². The fourth-order valence-electron chi connectivity index (χ4n) is 1.66. The molecule has 0 saturated heterocycles. The molecule has 2 rings (SSSR count). The molecular formula is C13H11NO5. The molecule has 19 heavy (non-hydrogen) atoms. The van der Waals surface area contributed by atoms with E-state index in [4.69, 9.17) is 9.15 Å². The predicted molar refractivity (Wildman–Crippen MR) is 66.8 cm³/mol. The summed E-state index contributed by atoms with van der Waals surface area (Å²) in [6.45, 7) is 1.95. The van der Waals surface area contributed by atoms with Crippen LogP contribution in [-0.4, -0.2) is 17.5 Å². The molecule has 0 N–H and O–H groups in total. The molecule has 0 aliphatic heterocycles. The average molecular weight is 261 g/mol. The zero-order valence-corrected chi connectivity index (χ0v) is 10.2. The number of nitro benzene ring substituents is 1. The quantitative estimate of drug-likeness (QED) is 0.480. The largest absolute Gasteiger partial charge is 0.463 e. The second kappa shape index (κ2) is 5.34. The van der Waals surface area contributed by atoms with Crippen molar-refractivity contribution in [1.29, 1.82) is 0 Å². The van der Waals surface area contributed by atoms with E-state index in [0.29, 0.717) is 5.56 Å². The molecule has 1 aromatic heterocycles. The van der Waals surface area contributed by atoms with Crippen LogP contribution in [0.25, 0.3) is 11.3 Å². The van der Waals surface area contributed by atoms with Crippen LogP contribution in [0.1, 0.15) is 17.3 Å². The zero-order valence-electron chi connectivity index (χ0n) is 10.2. The van der Waals surface area contributed by atoms with Gasteiger partial charge in [0.2, 0.25) is 0 Å². The van der Waals surface area contributed by atoms with Crippen LogP contribution < -0.4 is 0 Å². The van der Waals surface area contributed by atoms with Crippen molar-refractivity contribution >= 4 is 11.7 Å². The normalized spacial score (nSPS) is 10.2. The molecule has 0 atom stereocenters. The Hall–Kier alpha value is -2.63. The van der Waals surface area contributed by atoms with Gasteiger partial charge in [0.25, 0.3) is 5.69 Å². The van der Waals surface area contributed by atoms with Gasteiger partial charge in [0.15, 0.2) is 0 Å². The van der Waals surface area contributed by atoms with Gasteiger partial charge in [-0.15, -0.1) is 0 Å². The Kier molecular flexibility index (Phi) is 3.61. The molecule has 0 saturated carbocycles. The summed E-state index contributed by atoms with van der Waals surface area (Å²) >= 11 is 0. The fourth-order valence-corrected chi connectivity index (χ4v) is 1.66. The molecule has 0 radical (unpaired) electrons. The Bertz CT molecular complexity index is 617. The standard InChI is InChI=1S/C13H11NO5/c1-2-18-13(15)11-6-7-19-12(11)9-4-3-5-10(8-9)14(16)17/h3-8H,2H2,1H3. The highest BCUT2D eigenvalue weighted by Crippen LogP contribution is 2.28. The van der Waals surface area contributed by atoms with Gasteiger partial charge < -0.3 is 9.15 Å². The number of carbonyl (C=O) groups is 1. The monoisotopic (exact) mass is 261 g/mol. The van der Waals surface area contributed by atoms with Gasteiger partial charge in [-0.2, -0.15) is 0 Å². The molecule has 0 unspecified atom stereocenters. The Balaban J connectivity index is 2.42. The maximum absolute atomic E-state index is 11.7. The number of non-ortho nitro benzene ring substituents is 1. The van der Waals surface area contributed by atoms with E-state index in [2.05, 4.69) is 0 Å². The van der Waals surface area contributed by atoms with E-state index in [1.165, 1.54) is 30.5 Å². The predicted octanol–water partition coefficient (Wildman–Crippen LogP) is 3.03. The summed E-state index contributed by atoms with van der Waals surface area (Å²) in [6, 6.07) is 7.36. The molecule has 0 aliphatic carbocycles. The molecule has 0 amide bonds. The second-order valence-corrected chi connectivity index (χ2v) is 3.69. The third-order valence-electron chi connectivity index (χ3n) is 2.48. The van der Waals surface area contributed by atoms with E-state index in [1.54, 1.807) is 13.0 Å². The van der Waals surface area contributed by atoms with Gasteiger partial charge in [-0.3, -0.25) is 10.1 Å². The number of hydrogen-bond acceptors (Lipinski definition) is 5. The number of ether oxygens (including phenoxy) is 1. The Labute approximate surface area is 108 Å². The Morgan fingerprint density at radius 2 is 2.21 bits per heavy atom. The molecular weight excluding hydrogens is 250 g/mol. The molecule has 6 nitrogen and oxygen atoms in total. The van der Waals surface area contributed by atoms with Crippen LogP contribution in [0, 0.1) is 10.1 Å². The van der Waals surface area contributed by atoms with Crippen LogP contribution in [0.5, 0.6) is 0 Å². The minimum absolute atomic E-state index is 0.0660. The molecule has 2 aromatic rings. The summed E-state index contributed by atoms with van der Waals surface area (Å²) in [5.74, 6) is -0.250. The second-order valence-electron chi connectivity index (χ2n) is 3.69. The van der Waals surface area contributed by atoms with Crippen LogP contribution in [0.4, 0.5) is 5.69 Å². The summed E-state index contributed by atoms with van der Waals surface area (Å²) in [5, 5.41) is 10.7. The van der Waals surface area contributed by atoms with E-state index in [0.717, 1.165) is 0 Å². The zero-order chi connectivity index (χ0) is 13.8. The van der Waals surface area contributed by atoms with Crippen LogP contribution in [0.15, 0.2) is 41.0 Å². The first-order valence-electron chi connectivity index (χ1n) is 5.63. The highest BCUT2D eigenvalue weighted by molar-refractivity contribution is 5.95. The number of carbonyl (C=O) groups excluding carboxylic acids is 1. The van der Waals surface area contributed by atoms with Crippen molar-refractivity contribution in [2.45, 2.75) is 6.92 Å². The first-order valence-corrected chi connectivity index (χ1v) is 5.63. The molecule has 1 heterocycles. The lowest BCUT2D eigenvalue weighted by Crippen LogP contribution is -2.04. The third-order valence-corrected chi connectivity index (χ3v) is 2.48. The average Bonchev–Trinajstić information content (AvgIpc) is 2.88. The first kappa shape index (κ1) is 12.8. The van der Waals surface area contributed by atoms with Gasteiger partial charge in [0.05, 0.1) is 17.8 Å². The minimum atomic E-state index is -0.516. The topological polar surface area (TPSA) is 82.6 Å². The lowest BCUT2D eigenvalue weighted by atomic mass is 10.1. The number of esters is 1. The number of benzene rings is 1.